The van der Waals surface area contributed by atoms with E-state index < -0.39 is 0 Å². The average molecular weight is 221 g/mol. The Balaban J connectivity index is 2.49. The third-order valence-corrected chi connectivity index (χ3v) is 2.98. The van der Waals surface area contributed by atoms with Crippen molar-refractivity contribution in [3.63, 3.8) is 0 Å². The summed E-state index contributed by atoms with van der Waals surface area (Å²) < 4.78 is 0. The van der Waals surface area contributed by atoms with Crippen molar-refractivity contribution in [3.8, 4) is 0 Å². The minimum absolute atomic E-state index is 0.283. The Labute approximate surface area is 98.7 Å². The Morgan fingerprint density at radius 3 is 2.69 bits per heavy atom. The van der Waals surface area contributed by atoms with E-state index in [0.717, 1.165) is 18.7 Å². The predicted octanol–water partition coefficient (Wildman–Crippen LogP) is 2.20. The molecule has 1 unspecified atom stereocenters. The Morgan fingerprint density at radius 2 is 2.12 bits per heavy atom. The van der Waals surface area contributed by atoms with Gasteiger partial charge >= 0.3 is 0 Å². The molecule has 0 fully saturated rings. The SMILES string of the molecule is Cc1cc(N(C)CCC(N)C(C)C)ccn1. The summed E-state index contributed by atoms with van der Waals surface area (Å²) in [5, 5.41) is 0. The molecule has 0 saturated carbocycles. The molecule has 3 heteroatoms. The number of nitrogens with two attached hydrogens (primary N) is 1. The van der Waals surface area contributed by atoms with Crippen molar-refractivity contribution in [1.82, 2.24) is 4.98 Å². The van der Waals surface area contributed by atoms with E-state index in [1.165, 1.54) is 5.69 Å². The standard InChI is InChI=1S/C13H23N3/c1-10(2)13(14)6-8-16(4)12-5-7-15-11(3)9-12/h5,7,9-10,13H,6,8,14H2,1-4H3. The van der Waals surface area contributed by atoms with Crippen molar-refractivity contribution in [2.75, 3.05) is 18.5 Å². The van der Waals surface area contributed by atoms with Gasteiger partial charge in [0, 0.05) is 37.2 Å². The molecule has 1 rings (SSSR count). The number of nitrogens with zero attached hydrogens (tertiary/aromatic N) is 2. The number of anilines is 1. The first-order chi connectivity index (χ1) is 7.50. The van der Waals surface area contributed by atoms with Crippen molar-refractivity contribution in [3.05, 3.63) is 24.0 Å². The van der Waals surface area contributed by atoms with Crippen molar-refractivity contribution in [1.29, 1.82) is 0 Å². The summed E-state index contributed by atoms with van der Waals surface area (Å²) in [7, 11) is 2.10. The summed E-state index contributed by atoms with van der Waals surface area (Å²) >= 11 is 0. The first-order valence-corrected chi connectivity index (χ1v) is 5.90. The quantitative estimate of drug-likeness (QED) is 0.829. The summed E-state index contributed by atoms with van der Waals surface area (Å²) in [5.41, 5.74) is 8.30. The van der Waals surface area contributed by atoms with Crippen LogP contribution in [0.25, 0.3) is 0 Å². The molecular formula is C13H23N3. The van der Waals surface area contributed by atoms with Crippen LogP contribution >= 0.6 is 0 Å². The van der Waals surface area contributed by atoms with Gasteiger partial charge in [-0.15, -0.1) is 0 Å². The topological polar surface area (TPSA) is 42.1 Å². The molecule has 0 radical (unpaired) electrons. The van der Waals surface area contributed by atoms with Crippen molar-refractivity contribution in [2.24, 2.45) is 11.7 Å². The fourth-order valence-corrected chi connectivity index (χ4v) is 1.57. The minimum Gasteiger partial charge on any atom is -0.374 e. The van der Waals surface area contributed by atoms with Crippen LogP contribution in [0.4, 0.5) is 5.69 Å². The Kier molecular flexibility index (Phi) is 4.74. The molecule has 3 nitrogen and oxygen atoms in total. The van der Waals surface area contributed by atoms with Gasteiger partial charge in [0.1, 0.15) is 0 Å². The van der Waals surface area contributed by atoms with Gasteiger partial charge in [-0.1, -0.05) is 13.8 Å². The van der Waals surface area contributed by atoms with E-state index in [1.54, 1.807) is 0 Å². The van der Waals surface area contributed by atoms with E-state index in [-0.39, 0.29) is 6.04 Å². The minimum atomic E-state index is 0.283. The maximum Gasteiger partial charge on any atom is 0.0397 e. The molecule has 2 N–H and O–H groups in total. The van der Waals surface area contributed by atoms with Gasteiger partial charge in [-0.25, -0.2) is 0 Å². The highest BCUT2D eigenvalue weighted by molar-refractivity contribution is 5.45. The maximum absolute atomic E-state index is 6.03. The zero-order valence-electron chi connectivity index (χ0n) is 10.8. The van der Waals surface area contributed by atoms with Crippen molar-refractivity contribution < 1.29 is 0 Å². The molecule has 0 spiro atoms. The van der Waals surface area contributed by atoms with Gasteiger partial charge in [-0.2, -0.15) is 0 Å². The molecule has 0 aliphatic rings. The van der Waals surface area contributed by atoms with E-state index in [4.69, 9.17) is 5.73 Å². The summed E-state index contributed by atoms with van der Waals surface area (Å²) in [4.78, 5) is 6.43. The summed E-state index contributed by atoms with van der Waals surface area (Å²) in [6, 6.07) is 4.42. The Hall–Kier alpha value is -1.09. The van der Waals surface area contributed by atoms with Crippen LogP contribution in [0.1, 0.15) is 26.0 Å². The fourth-order valence-electron chi connectivity index (χ4n) is 1.57. The highest BCUT2D eigenvalue weighted by atomic mass is 15.1. The number of aromatic nitrogens is 1. The molecule has 1 aromatic rings. The molecule has 0 aliphatic carbocycles. The Morgan fingerprint density at radius 1 is 1.44 bits per heavy atom. The normalized spacial score (nSPS) is 12.9. The molecule has 90 valence electrons. The van der Waals surface area contributed by atoms with Crippen LogP contribution in [-0.4, -0.2) is 24.6 Å². The van der Waals surface area contributed by atoms with E-state index in [9.17, 15) is 0 Å². The van der Waals surface area contributed by atoms with Crippen LogP contribution in [0, 0.1) is 12.8 Å². The van der Waals surface area contributed by atoms with Gasteiger partial charge in [-0.05, 0) is 31.4 Å². The van der Waals surface area contributed by atoms with Gasteiger partial charge in [0.05, 0.1) is 0 Å². The third kappa shape index (κ3) is 3.81. The van der Waals surface area contributed by atoms with Crippen LogP contribution in [0.15, 0.2) is 18.3 Å². The van der Waals surface area contributed by atoms with Gasteiger partial charge in [0.25, 0.3) is 0 Å². The van der Waals surface area contributed by atoms with Crippen LogP contribution in [0.3, 0.4) is 0 Å². The molecule has 0 aliphatic heterocycles. The lowest BCUT2D eigenvalue weighted by Crippen LogP contribution is -2.31. The number of hydrogen-bond donors (Lipinski definition) is 1. The second kappa shape index (κ2) is 5.85. The lowest BCUT2D eigenvalue weighted by atomic mass is 10.0. The molecule has 1 atom stereocenters. The summed E-state index contributed by atoms with van der Waals surface area (Å²) in [5.74, 6) is 0.549. The van der Waals surface area contributed by atoms with Gasteiger partial charge < -0.3 is 10.6 Å². The highest BCUT2D eigenvalue weighted by Gasteiger charge is 2.09. The number of aryl methyl sites for hydroxylation is 1. The molecular weight excluding hydrogens is 198 g/mol. The van der Waals surface area contributed by atoms with Crippen LogP contribution < -0.4 is 10.6 Å². The smallest absolute Gasteiger partial charge is 0.0397 e. The Bertz CT molecular complexity index is 323. The van der Waals surface area contributed by atoms with Crippen LogP contribution in [0.2, 0.25) is 0 Å². The second-order valence-corrected chi connectivity index (χ2v) is 4.77. The average Bonchev–Trinajstić information content (AvgIpc) is 2.25. The zero-order chi connectivity index (χ0) is 12.1. The molecule has 0 aromatic carbocycles. The first-order valence-electron chi connectivity index (χ1n) is 5.90. The van der Waals surface area contributed by atoms with Gasteiger partial charge in [0.2, 0.25) is 0 Å². The molecule has 0 amide bonds. The first kappa shape index (κ1) is 13.0. The van der Waals surface area contributed by atoms with E-state index >= 15 is 0 Å². The monoisotopic (exact) mass is 221 g/mol. The van der Waals surface area contributed by atoms with Gasteiger partial charge in [0.15, 0.2) is 0 Å². The number of pyridine rings is 1. The highest BCUT2D eigenvalue weighted by Crippen LogP contribution is 2.13. The third-order valence-electron chi connectivity index (χ3n) is 2.98. The maximum atomic E-state index is 6.03. The van der Waals surface area contributed by atoms with E-state index in [0.29, 0.717) is 5.92 Å². The van der Waals surface area contributed by atoms with Crippen LogP contribution in [-0.2, 0) is 0 Å². The molecule has 0 saturated heterocycles. The van der Waals surface area contributed by atoms with Crippen LogP contribution in [0.5, 0.6) is 0 Å². The zero-order valence-corrected chi connectivity index (χ0v) is 10.8. The summed E-state index contributed by atoms with van der Waals surface area (Å²) in [6.07, 6.45) is 2.87. The number of hydrogen-bond acceptors (Lipinski definition) is 3. The largest absolute Gasteiger partial charge is 0.374 e. The fraction of sp³-hybridized carbons (Fsp3) is 0.615. The van der Waals surface area contributed by atoms with Gasteiger partial charge in [-0.3, -0.25) is 4.98 Å². The van der Waals surface area contributed by atoms with E-state index in [1.807, 2.05) is 19.2 Å². The molecule has 1 aromatic heterocycles. The molecule has 16 heavy (non-hydrogen) atoms. The lowest BCUT2D eigenvalue weighted by molar-refractivity contribution is 0.466. The summed E-state index contributed by atoms with van der Waals surface area (Å²) in [6.45, 7) is 7.34. The second-order valence-electron chi connectivity index (χ2n) is 4.77. The molecule has 0 bridgehead atoms. The van der Waals surface area contributed by atoms with Crippen molar-refractivity contribution >= 4 is 5.69 Å². The van der Waals surface area contributed by atoms with Crippen molar-refractivity contribution in [2.45, 2.75) is 33.2 Å². The number of rotatable bonds is 5. The predicted molar refractivity (Wildman–Crippen MR) is 69.7 cm³/mol. The lowest BCUT2D eigenvalue weighted by Gasteiger charge is -2.23. The molecule has 1 heterocycles. The van der Waals surface area contributed by atoms with E-state index in [2.05, 4.69) is 36.8 Å².